The molecule has 0 fully saturated rings. The van der Waals surface area contributed by atoms with Crippen LogP contribution in [-0.4, -0.2) is 5.91 Å². The van der Waals surface area contributed by atoms with Crippen LogP contribution in [0.2, 0.25) is 0 Å². The lowest BCUT2D eigenvalue weighted by Gasteiger charge is -2.08. The van der Waals surface area contributed by atoms with Crippen LogP contribution < -0.4 is 16.2 Å². The fourth-order valence-corrected chi connectivity index (χ4v) is 1.86. The van der Waals surface area contributed by atoms with Crippen LogP contribution in [0, 0.1) is 0 Å². The van der Waals surface area contributed by atoms with Crippen molar-refractivity contribution >= 4 is 27.5 Å². The molecule has 2 aromatic rings. The summed E-state index contributed by atoms with van der Waals surface area (Å²) in [5, 5.41) is 0. The standard InChI is InChI=1S/C13H11BrN2O2/c14-11-7-8(13(16)17)1-6-12(11)18-10-4-2-9(15)3-5-10/h1-7H,15H2,(H2,16,17). The number of carbonyl (C=O) groups excluding carboxylic acids is 1. The summed E-state index contributed by atoms with van der Waals surface area (Å²) < 4.78 is 6.31. The van der Waals surface area contributed by atoms with Gasteiger partial charge in [-0.1, -0.05) is 0 Å². The second-order valence-corrected chi connectivity index (χ2v) is 4.53. The Hall–Kier alpha value is -2.01. The van der Waals surface area contributed by atoms with E-state index in [1.807, 2.05) is 0 Å². The van der Waals surface area contributed by atoms with Crippen LogP contribution in [0.5, 0.6) is 11.5 Å². The largest absolute Gasteiger partial charge is 0.456 e. The topological polar surface area (TPSA) is 78.3 Å². The average molecular weight is 307 g/mol. The lowest BCUT2D eigenvalue weighted by atomic mass is 10.2. The van der Waals surface area contributed by atoms with Gasteiger partial charge in [-0.25, -0.2) is 0 Å². The number of benzene rings is 2. The highest BCUT2D eigenvalue weighted by atomic mass is 79.9. The van der Waals surface area contributed by atoms with Crippen molar-refractivity contribution in [2.24, 2.45) is 5.73 Å². The van der Waals surface area contributed by atoms with Crippen molar-refractivity contribution in [3.8, 4) is 11.5 Å². The molecular formula is C13H11BrN2O2. The molecule has 4 N–H and O–H groups in total. The highest BCUT2D eigenvalue weighted by molar-refractivity contribution is 9.10. The van der Waals surface area contributed by atoms with Crippen molar-refractivity contribution in [3.63, 3.8) is 0 Å². The quantitative estimate of drug-likeness (QED) is 0.856. The van der Waals surface area contributed by atoms with Gasteiger partial charge in [0.1, 0.15) is 11.5 Å². The average Bonchev–Trinajstić information content (AvgIpc) is 2.34. The number of ether oxygens (including phenoxy) is 1. The second kappa shape index (κ2) is 5.10. The molecule has 92 valence electrons. The molecule has 0 spiro atoms. The van der Waals surface area contributed by atoms with E-state index in [9.17, 15) is 4.79 Å². The van der Waals surface area contributed by atoms with E-state index < -0.39 is 5.91 Å². The summed E-state index contributed by atoms with van der Waals surface area (Å²) in [7, 11) is 0. The molecule has 2 aromatic carbocycles. The molecule has 4 nitrogen and oxygen atoms in total. The molecule has 0 unspecified atom stereocenters. The Kier molecular flexibility index (Phi) is 3.53. The molecule has 2 rings (SSSR count). The summed E-state index contributed by atoms with van der Waals surface area (Å²) in [5.41, 5.74) is 11.9. The molecule has 1 amide bonds. The van der Waals surface area contributed by atoms with Gasteiger partial charge in [-0.3, -0.25) is 4.79 Å². The zero-order valence-electron chi connectivity index (χ0n) is 9.39. The van der Waals surface area contributed by atoms with E-state index in [4.69, 9.17) is 16.2 Å². The first-order valence-corrected chi connectivity index (χ1v) is 5.98. The molecule has 0 saturated carbocycles. The molecular weight excluding hydrogens is 296 g/mol. The highest BCUT2D eigenvalue weighted by Crippen LogP contribution is 2.30. The third-order valence-electron chi connectivity index (χ3n) is 2.32. The Bertz CT molecular complexity index is 582. The predicted molar refractivity (Wildman–Crippen MR) is 73.6 cm³/mol. The molecule has 0 saturated heterocycles. The minimum atomic E-state index is -0.477. The van der Waals surface area contributed by atoms with Gasteiger partial charge in [0.2, 0.25) is 5.91 Å². The van der Waals surface area contributed by atoms with Crippen LogP contribution in [0.3, 0.4) is 0 Å². The van der Waals surface area contributed by atoms with E-state index in [0.717, 1.165) is 0 Å². The van der Waals surface area contributed by atoms with Crippen LogP contribution in [0.25, 0.3) is 0 Å². The van der Waals surface area contributed by atoms with E-state index in [1.54, 1.807) is 42.5 Å². The zero-order chi connectivity index (χ0) is 13.1. The zero-order valence-corrected chi connectivity index (χ0v) is 11.0. The van der Waals surface area contributed by atoms with E-state index in [0.29, 0.717) is 27.2 Å². The number of hydrogen-bond donors (Lipinski definition) is 2. The molecule has 5 heteroatoms. The van der Waals surface area contributed by atoms with Gasteiger partial charge in [-0.15, -0.1) is 0 Å². The van der Waals surface area contributed by atoms with Crippen molar-refractivity contribution in [2.45, 2.75) is 0 Å². The molecule has 0 aliphatic rings. The fourth-order valence-electron chi connectivity index (χ4n) is 1.40. The number of rotatable bonds is 3. The Balaban J connectivity index is 2.24. The molecule has 0 aliphatic carbocycles. The van der Waals surface area contributed by atoms with E-state index in [2.05, 4.69) is 15.9 Å². The van der Waals surface area contributed by atoms with Crippen molar-refractivity contribution in [1.82, 2.24) is 0 Å². The summed E-state index contributed by atoms with van der Waals surface area (Å²) in [4.78, 5) is 11.0. The third-order valence-corrected chi connectivity index (χ3v) is 2.94. The predicted octanol–water partition coefficient (Wildman–Crippen LogP) is 2.92. The van der Waals surface area contributed by atoms with Crippen molar-refractivity contribution in [1.29, 1.82) is 0 Å². The maximum Gasteiger partial charge on any atom is 0.248 e. The first-order chi connectivity index (χ1) is 8.56. The van der Waals surface area contributed by atoms with E-state index in [1.165, 1.54) is 0 Å². The smallest absolute Gasteiger partial charge is 0.248 e. The monoisotopic (exact) mass is 306 g/mol. The van der Waals surface area contributed by atoms with Crippen LogP contribution in [-0.2, 0) is 0 Å². The number of carbonyl (C=O) groups is 1. The second-order valence-electron chi connectivity index (χ2n) is 3.68. The molecule has 0 heterocycles. The van der Waals surface area contributed by atoms with Gasteiger partial charge >= 0.3 is 0 Å². The molecule has 0 atom stereocenters. The molecule has 0 radical (unpaired) electrons. The normalized spacial score (nSPS) is 10.1. The van der Waals surface area contributed by atoms with Gasteiger partial charge in [0.15, 0.2) is 0 Å². The minimum absolute atomic E-state index is 0.423. The highest BCUT2D eigenvalue weighted by Gasteiger charge is 2.07. The van der Waals surface area contributed by atoms with Crippen LogP contribution in [0.15, 0.2) is 46.9 Å². The number of nitrogens with two attached hydrogens (primary N) is 2. The summed E-state index contributed by atoms with van der Waals surface area (Å²) in [5.74, 6) is 0.788. The molecule has 18 heavy (non-hydrogen) atoms. The summed E-state index contributed by atoms with van der Waals surface area (Å²) >= 11 is 3.33. The number of halogens is 1. The number of amides is 1. The van der Waals surface area contributed by atoms with Gasteiger partial charge in [0.25, 0.3) is 0 Å². The van der Waals surface area contributed by atoms with Crippen LogP contribution in [0.4, 0.5) is 5.69 Å². The van der Waals surface area contributed by atoms with Gasteiger partial charge < -0.3 is 16.2 Å². The Labute approximate surface area is 113 Å². The van der Waals surface area contributed by atoms with Gasteiger partial charge in [0, 0.05) is 11.3 Å². The first-order valence-electron chi connectivity index (χ1n) is 5.19. The van der Waals surface area contributed by atoms with Gasteiger partial charge in [-0.2, -0.15) is 0 Å². The molecule has 0 aromatic heterocycles. The van der Waals surface area contributed by atoms with Gasteiger partial charge in [-0.05, 0) is 58.4 Å². The van der Waals surface area contributed by atoms with E-state index >= 15 is 0 Å². The van der Waals surface area contributed by atoms with Gasteiger partial charge in [0.05, 0.1) is 4.47 Å². The Morgan fingerprint density at radius 1 is 1.11 bits per heavy atom. The lowest BCUT2D eigenvalue weighted by Crippen LogP contribution is -2.10. The number of primary amides is 1. The van der Waals surface area contributed by atoms with Crippen molar-refractivity contribution in [3.05, 3.63) is 52.5 Å². The van der Waals surface area contributed by atoms with Crippen LogP contribution >= 0.6 is 15.9 Å². The number of anilines is 1. The lowest BCUT2D eigenvalue weighted by molar-refractivity contribution is 0.1000. The van der Waals surface area contributed by atoms with Crippen LogP contribution in [0.1, 0.15) is 10.4 Å². The Morgan fingerprint density at radius 3 is 2.33 bits per heavy atom. The molecule has 0 bridgehead atoms. The summed E-state index contributed by atoms with van der Waals surface area (Å²) in [6.07, 6.45) is 0. The fraction of sp³-hybridized carbons (Fsp3) is 0. The van der Waals surface area contributed by atoms with E-state index in [-0.39, 0.29) is 0 Å². The number of nitrogen functional groups attached to an aromatic ring is 1. The van der Waals surface area contributed by atoms with Crippen molar-refractivity contribution in [2.75, 3.05) is 5.73 Å². The Morgan fingerprint density at radius 2 is 1.78 bits per heavy atom. The summed E-state index contributed by atoms with van der Waals surface area (Å²) in [6, 6.07) is 11.9. The van der Waals surface area contributed by atoms with Crippen molar-refractivity contribution < 1.29 is 9.53 Å². The first kappa shape index (κ1) is 12.4. The minimum Gasteiger partial charge on any atom is -0.456 e. The number of hydrogen-bond acceptors (Lipinski definition) is 3. The SMILES string of the molecule is NC(=O)c1ccc(Oc2ccc(N)cc2)c(Br)c1. The summed E-state index contributed by atoms with van der Waals surface area (Å²) in [6.45, 7) is 0. The maximum atomic E-state index is 11.0. The third kappa shape index (κ3) is 2.81. The maximum absolute atomic E-state index is 11.0. The molecule has 0 aliphatic heterocycles.